The van der Waals surface area contributed by atoms with E-state index in [1.165, 1.54) is 38.9 Å². The molecule has 0 fully saturated rings. The molecule has 166 valence electrons. The highest BCUT2D eigenvalue weighted by Crippen LogP contribution is 2.35. The SMILES string of the molecule is Cc1cccc(C)c1C(N)CNCC(N)c1c(C(C)C)cc(C(C)C)cc1C(C)C. The van der Waals surface area contributed by atoms with Crippen LogP contribution in [0.2, 0.25) is 0 Å². The number of hydrogen-bond donors (Lipinski definition) is 3. The topological polar surface area (TPSA) is 64.1 Å². The van der Waals surface area contributed by atoms with Crippen molar-refractivity contribution in [2.45, 2.75) is 85.2 Å². The van der Waals surface area contributed by atoms with Crippen molar-refractivity contribution in [3.8, 4) is 0 Å². The zero-order valence-corrected chi connectivity index (χ0v) is 20.3. The number of rotatable bonds is 9. The molecule has 2 unspecified atom stereocenters. The van der Waals surface area contributed by atoms with Gasteiger partial charge in [-0.05, 0) is 70.5 Å². The van der Waals surface area contributed by atoms with Crippen LogP contribution in [0, 0.1) is 13.8 Å². The summed E-state index contributed by atoms with van der Waals surface area (Å²) in [7, 11) is 0. The van der Waals surface area contributed by atoms with Crippen molar-refractivity contribution < 1.29 is 0 Å². The van der Waals surface area contributed by atoms with Crippen LogP contribution in [0.25, 0.3) is 0 Å². The van der Waals surface area contributed by atoms with Gasteiger partial charge in [0.25, 0.3) is 0 Å². The zero-order valence-electron chi connectivity index (χ0n) is 20.3. The Kier molecular flexibility index (Phi) is 8.66. The first-order chi connectivity index (χ1) is 14.0. The van der Waals surface area contributed by atoms with Crippen LogP contribution in [0.4, 0.5) is 0 Å². The van der Waals surface area contributed by atoms with Gasteiger partial charge in [0.05, 0.1) is 0 Å². The molecule has 2 atom stereocenters. The summed E-state index contributed by atoms with van der Waals surface area (Å²) in [5.74, 6) is 1.40. The molecule has 3 nitrogen and oxygen atoms in total. The molecule has 0 aliphatic carbocycles. The van der Waals surface area contributed by atoms with Gasteiger partial charge in [0.2, 0.25) is 0 Å². The van der Waals surface area contributed by atoms with Crippen LogP contribution in [-0.2, 0) is 0 Å². The fraction of sp³-hybridized carbons (Fsp3) is 0.556. The molecule has 0 amide bonds. The molecule has 5 N–H and O–H groups in total. The summed E-state index contributed by atoms with van der Waals surface area (Å²) in [5.41, 5.74) is 22.6. The Morgan fingerprint density at radius 3 is 1.53 bits per heavy atom. The second kappa shape index (κ2) is 10.6. The molecule has 2 aromatic carbocycles. The maximum absolute atomic E-state index is 6.78. The summed E-state index contributed by atoms with van der Waals surface area (Å²) >= 11 is 0. The molecule has 0 saturated heterocycles. The van der Waals surface area contributed by atoms with Gasteiger partial charge in [0, 0.05) is 25.2 Å². The van der Waals surface area contributed by atoms with Gasteiger partial charge in [0.1, 0.15) is 0 Å². The third kappa shape index (κ3) is 5.72. The maximum atomic E-state index is 6.78. The van der Waals surface area contributed by atoms with E-state index in [1.807, 2.05) is 0 Å². The first-order valence-electron chi connectivity index (χ1n) is 11.5. The monoisotopic (exact) mass is 409 g/mol. The molecule has 0 heterocycles. The molecule has 0 spiro atoms. The van der Waals surface area contributed by atoms with Crippen molar-refractivity contribution >= 4 is 0 Å². The van der Waals surface area contributed by atoms with E-state index in [2.05, 4.69) is 91.0 Å². The Balaban J connectivity index is 2.22. The third-order valence-corrected chi connectivity index (χ3v) is 6.19. The normalized spacial score (nSPS) is 14.0. The second-order valence-corrected chi connectivity index (χ2v) is 9.75. The van der Waals surface area contributed by atoms with Crippen molar-refractivity contribution in [2.24, 2.45) is 11.5 Å². The lowest BCUT2D eigenvalue weighted by atomic mass is 9.82. The number of nitrogens with one attached hydrogen (secondary N) is 1. The Labute approximate surface area is 184 Å². The van der Waals surface area contributed by atoms with Crippen LogP contribution >= 0.6 is 0 Å². The fourth-order valence-electron chi connectivity index (χ4n) is 4.45. The van der Waals surface area contributed by atoms with E-state index in [4.69, 9.17) is 11.5 Å². The molecule has 2 rings (SSSR count). The first-order valence-corrected chi connectivity index (χ1v) is 11.5. The van der Waals surface area contributed by atoms with Crippen LogP contribution < -0.4 is 16.8 Å². The Morgan fingerprint density at radius 1 is 0.700 bits per heavy atom. The van der Waals surface area contributed by atoms with Crippen LogP contribution in [-0.4, -0.2) is 13.1 Å². The highest BCUT2D eigenvalue weighted by atomic mass is 14.9. The average Bonchev–Trinajstić information content (AvgIpc) is 2.66. The molecule has 2 aromatic rings. The summed E-state index contributed by atoms with van der Waals surface area (Å²) in [6.07, 6.45) is 0. The van der Waals surface area contributed by atoms with Gasteiger partial charge in [-0.2, -0.15) is 0 Å². The highest BCUT2D eigenvalue weighted by molar-refractivity contribution is 5.45. The van der Waals surface area contributed by atoms with Gasteiger partial charge < -0.3 is 16.8 Å². The molecule has 0 aliphatic rings. The summed E-state index contributed by atoms with van der Waals surface area (Å²) in [6.45, 7) is 19.3. The van der Waals surface area contributed by atoms with Crippen molar-refractivity contribution in [1.82, 2.24) is 5.32 Å². The van der Waals surface area contributed by atoms with E-state index < -0.39 is 0 Å². The number of hydrogen-bond acceptors (Lipinski definition) is 3. The van der Waals surface area contributed by atoms with E-state index in [0.29, 0.717) is 17.8 Å². The van der Waals surface area contributed by atoms with Crippen molar-refractivity contribution in [3.63, 3.8) is 0 Å². The van der Waals surface area contributed by atoms with Crippen LogP contribution in [0.5, 0.6) is 0 Å². The molecule has 3 heteroatoms. The minimum atomic E-state index is -0.0498. The van der Waals surface area contributed by atoms with Crippen LogP contribution in [0.15, 0.2) is 30.3 Å². The average molecular weight is 410 g/mol. The number of aryl methyl sites for hydroxylation is 2. The summed E-state index contributed by atoms with van der Waals surface area (Å²) in [5, 5.41) is 3.56. The second-order valence-electron chi connectivity index (χ2n) is 9.75. The van der Waals surface area contributed by atoms with Crippen LogP contribution in [0.1, 0.15) is 110 Å². The molecule has 0 aromatic heterocycles. The Bertz CT molecular complexity index is 787. The van der Waals surface area contributed by atoms with E-state index in [1.54, 1.807) is 0 Å². The maximum Gasteiger partial charge on any atom is 0.0427 e. The minimum absolute atomic E-state index is 0.0316. The first kappa shape index (κ1) is 24.6. The predicted molar refractivity (Wildman–Crippen MR) is 131 cm³/mol. The number of nitrogens with two attached hydrogens (primary N) is 2. The van der Waals surface area contributed by atoms with E-state index >= 15 is 0 Å². The van der Waals surface area contributed by atoms with Gasteiger partial charge in [0.15, 0.2) is 0 Å². The van der Waals surface area contributed by atoms with Crippen molar-refractivity contribution in [3.05, 3.63) is 69.3 Å². The lowest BCUT2D eigenvalue weighted by Gasteiger charge is -2.27. The van der Waals surface area contributed by atoms with E-state index in [0.717, 1.165) is 13.1 Å². The Hall–Kier alpha value is -1.68. The van der Waals surface area contributed by atoms with Gasteiger partial charge in [-0.15, -0.1) is 0 Å². The fourth-order valence-corrected chi connectivity index (χ4v) is 4.45. The molecule has 30 heavy (non-hydrogen) atoms. The highest BCUT2D eigenvalue weighted by Gasteiger charge is 2.22. The standard InChI is InChI=1S/C27H43N3/c1-16(2)21-12-22(17(3)4)27(23(13-21)18(5)6)25(29)15-30-14-24(28)26-19(7)10-9-11-20(26)8/h9-13,16-18,24-25,30H,14-15,28-29H2,1-8H3. The largest absolute Gasteiger partial charge is 0.323 e. The lowest BCUT2D eigenvalue weighted by Crippen LogP contribution is -2.34. The minimum Gasteiger partial charge on any atom is -0.323 e. The molecular formula is C27H43N3. The summed E-state index contributed by atoms with van der Waals surface area (Å²) in [6, 6.07) is 11.0. The lowest BCUT2D eigenvalue weighted by molar-refractivity contribution is 0.543. The molecule has 0 saturated carbocycles. The van der Waals surface area contributed by atoms with Crippen LogP contribution in [0.3, 0.4) is 0 Å². The van der Waals surface area contributed by atoms with Gasteiger partial charge >= 0.3 is 0 Å². The van der Waals surface area contributed by atoms with E-state index in [9.17, 15) is 0 Å². The summed E-state index contributed by atoms with van der Waals surface area (Å²) in [4.78, 5) is 0. The van der Waals surface area contributed by atoms with Gasteiger partial charge in [-0.3, -0.25) is 0 Å². The predicted octanol–water partition coefficient (Wildman–Crippen LogP) is 5.96. The van der Waals surface area contributed by atoms with Crippen molar-refractivity contribution in [2.75, 3.05) is 13.1 Å². The zero-order chi connectivity index (χ0) is 22.6. The molecular weight excluding hydrogens is 366 g/mol. The van der Waals surface area contributed by atoms with Gasteiger partial charge in [-0.1, -0.05) is 71.9 Å². The molecule has 0 bridgehead atoms. The van der Waals surface area contributed by atoms with Crippen molar-refractivity contribution in [1.29, 1.82) is 0 Å². The van der Waals surface area contributed by atoms with E-state index in [-0.39, 0.29) is 12.1 Å². The number of benzene rings is 2. The molecule has 0 aliphatic heterocycles. The molecule has 0 radical (unpaired) electrons. The third-order valence-electron chi connectivity index (χ3n) is 6.19. The Morgan fingerprint density at radius 2 is 1.13 bits per heavy atom. The summed E-state index contributed by atoms with van der Waals surface area (Å²) < 4.78 is 0. The quantitative estimate of drug-likeness (QED) is 0.478. The van der Waals surface area contributed by atoms with Gasteiger partial charge in [-0.25, -0.2) is 0 Å². The smallest absolute Gasteiger partial charge is 0.0427 e.